The molecule has 6 nitrogen and oxygen atoms in total. The number of benzene rings is 2. The summed E-state index contributed by atoms with van der Waals surface area (Å²) in [4.78, 5) is 24.1. The first-order valence-electron chi connectivity index (χ1n) is 8.61. The predicted molar refractivity (Wildman–Crippen MR) is 105 cm³/mol. The molecular weight excluding hydrogens is 414 g/mol. The summed E-state index contributed by atoms with van der Waals surface area (Å²) in [5.41, 5.74) is 1.24. The third-order valence-electron chi connectivity index (χ3n) is 3.52. The van der Waals surface area contributed by atoms with E-state index in [2.05, 4.69) is 21.2 Å². The molecular formula is C20H22BrNO5. The Labute approximate surface area is 166 Å². The van der Waals surface area contributed by atoms with Crippen LogP contribution in [0.5, 0.6) is 11.5 Å². The zero-order valence-corrected chi connectivity index (χ0v) is 16.9. The standard InChI is InChI=1S/C20H22BrNO5/c1-3-25-17-10-7-15(11-18(17)26-4-2)20(24)27-13-19(23)22-12-14-5-8-16(21)9-6-14/h5-11H,3-4,12-13H2,1-2H3,(H,22,23). The Kier molecular flexibility index (Phi) is 8.13. The predicted octanol–water partition coefficient (Wildman–Crippen LogP) is 3.72. The molecule has 2 aromatic rings. The zero-order chi connectivity index (χ0) is 19.6. The van der Waals surface area contributed by atoms with Crippen molar-refractivity contribution in [3.8, 4) is 11.5 Å². The molecule has 0 aliphatic carbocycles. The van der Waals surface area contributed by atoms with Gasteiger partial charge in [0.15, 0.2) is 18.1 Å². The summed E-state index contributed by atoms with van der Waals surface area (Å²) in [6, 6.07) is 12.4. The fourth-order valence-corrected chi connectivity index (χ4v) is 2.51. The minimum Gasteiger partial charge on any atom is -0.490 e. The number of hydrogen-bond acceptors (Lipinski definition) is 5. The monoisotopic (exact) mass is 435 g/mol. The highest BCUT2D eigenvalue weighted by Gasteiger charge is 2.14. The highest BCUT2D eigenvalue weighted by Crippen LogP contribution is 2.28. The zero-order valence-electron chi connectivity index (χ0n) is 15.3. The third kappa shape index (κ3) is 6.60. The van der Waals surface area contributed by atoms with Crippen LogP contribution >= 0.6 is 15.9 Å². The smallest absolute Gasteiger partial charge is 0.338 e. The maximum atomic E-state index is 12.2. The van der Waals surface area contributed by atoms with Gasteiger partial charge in [-0.05, 0) is 49.7 Å². The van der Waals surface area contributed by atoms with Crippen LogP contribution in [-0.4, -0.2) is 31.7 Å². The summed E-state index contributed by atoms with van der Waals surface area (Å²) in [5.74, 6) is 0.0525. The molecule has 1 amide bonds. The van der Waals surface area contributed by atoms with Gasteiger partial charge in [0, 0.05) is 11.0 Å². The number of ether oxygens (including phenoxy) is 3. The lowest BCUT2D eigenvalue weighted by molar-refractivity contribution is -0.124. The average Bonchev–Trinajstić information content (AvgIpc) is 2.67. The average molecular weight is 436 g/mol. The Bertz CT molecular complexity index is 776. The van der Waals surface area contributed by atoms with Crippen molar-refractivity contribution in [1.82, 2.24) is 5.32 Å². The second kappa shape index (κ2) is 10.6. The Morgan fingerprint density at radius 2 is 1.63 bits per heavy atom. The number of halogens is 1. The largest absolute Gasteiger partial charge is 0.490 e. The van der Waals surface area contributed by atoms with Crippen molar-refractivity contribution in [3.05, 3.63) is 58.1 Å². The van der Waals surface area contributed by atoms with E-state index in [4.69, 9.17) is 14.2 Å². The van der Waals surface area contributed by atoms with Gasteiger partial charge >= 0.3 is 5.97 Å². The van der Waals surface area contributed by atoms with Crippen LogP contribution in [-0.2, 0) is 16.1 Å². The van der Waals surface area contributed by atoms with Crippen molar-refractivity contribution in [3.63, 3.8) is 0 Å². The van der Waals surface area contributed by atoms with Crippen LogP contribution in [0.2, 0.25) is 0 Å². The second-order valence-corrected chi connectivity index (χ2v) is 6.42. The number of carbonyl (C=O) groups excluding carboxylic acids is 2. The molecule has 7 heteroatoms. The van der Waals surface area contributed by atoms with Crippen LogP contribution in [0.3, 0.4) is 0 Å². The first-order chi connectivity index (χ1) is 13.0. The third-order valence-corrected chi connectivity index (χ3v) is 4.05. The summed E-state index contributed by atoms with van der Waals surface area (Å²) < 4.78 is 17.0. The minimum absolute atomic E-state index is 0.294. The molecule has 27 heavy (non-hydrogen) atoms. The number of nitrogens with one attached hydrogen (secondary N) is 1. The van der Waals surface area contributed by atoms with Gasteiger partial charge in [0.25, 0.3) is 5.91 Å². The fraction of sp³-hybridized carbons (Fsp3) is 0.300. The molecule has 2 rings (SSSR count). The molecule has 0 aliphatic heterocycles. The molecule has 0 heterocycles. The van der Waals surface area contributed by atoms with Crippen molar-refractivity contribution >= 4 is 27.8 Å². The van der Waals surface area contributed by atoms with Crippen molar-refractivity contribution in [2.45, 2.75) is 20.4 Å². The SMILES string of the molecule is CCOc1ccc(C(=O)OCC(=O)NCc2ccc(Br)cc2)cc1OCC. The van der Waals surface area contributed by atoms with Crippen LogP contribution in [0.15, 0.2) is 46.9 Å². The molecule has 0 radical (unpaired) electrons. The summed E-state index contributed by atoms with van der Waals surface area (Å²) in [6.07, 6.45) is 0. The van der Waals surface area contributed by atoms with Crippen LogP contribution in [0.4, 0.5) is 0 Å². The molecule has 0 atom stereocenters. The van der Waals surface area contributed by atoms with E-state index in [1.807, 2.05) is 38.1 Å². The molecule has 0 fully saturated rings. The van der Waals surface area contributed by atoms with Crippen molar-refractivity contribution in [1.29, 1.82) is 0 Å². The highest BCUT2D eigenvalue weighted by molar-refractivity contribution is 9.10. The first kappa shape index (κ1) is 20.8. The summed E-state index contributed by atoms with van der Waals surface area (Å²) >= 11 is 3.35. The van der Waals surface area contributed by atoms with Gasteiger partial charge in [-0.15, -0.1) is 0 Å². The highest BCUT2D eigenvalue weighted by atomic mass is 79.9. The van der Waals surface area contributed by atoms with E-state index in [0.717, 1.165) is 10.0 Å². The van der Waals surface area contributed by atoms with Crippen LogP contribution in [0, 0.1) is 0 Å². The van der Waals surface area contributed by atoms with Gasteiger partial charge in [0.05, 0.1) is 18.8 Å². The van der Waals surface area contributed by atoms with Crippen molar-refractivity contribution < 1.29 is 23.8 Å². The quantitative estimate of drug-likeness (QED) is 0.607. The van der Waals surface area contributed by atoms with Gasteiger partial charge in [-0.2, -0.15) is 0 Å². The second-order valence-electron chi connectivity index (χ2n) is 5.51. The molecule has 0 aromatic heterocycles. The topological polar surface area (TPSA) is 73.9 Å². The van der Waals surface area contributed by atoms with Crippen LogP contribution in [0.25, 0.3) is 0 Å². The molecule has 0 bridgehead atoms. The Morgan fingerprint density at radius 1 is 0.963 bits per heavy atom. The van der Waals surface area contributed by atoms with Gasteiger partial charge < -0.3 is 19.5 Å². The molecule has 0 saturated carbocycles. The van der Waals surface area contributed by atoms with E-state index in [9.17, 15) is 9.59 Å². The molecule has 0 aliphatic rings. The summed E-state index contributed by atoms with van der Waals surface area (Å²) in [6.45, 7) is 4.65. The van der Waals surface area contributed by atoms with Gasteiger partial charge in [-0.1, -0.05) is 28.1 Å². The van der Waals surface area contributed by atoms with Gasteiger partial charge in [0.1, 0.15) is 0 Å². The van der Waals surface area contributed by atoms with Crippen LogP contribution in [0.1, 0.15) is 29.8 Å². The number of rotatable bonds is 9. The number of amides is 1. The molecule has 1 N–H and O–H groups in total. The number of carbonyl (C=O) groups is 2. The maximum Gasteiger partial charge on any atom is 0.338 e. The van der Waals surface area contributed by atoms with Gasteiger partial charge in [0.2, 0.25) is 0 Å². The lowest BCUT2D eigenvalue weighted by Crippen LogP contribution is -2.28. The molecule has 0 unspecified atom stereocenters. The molecule has 144 valence electrons. The van der Waals surface area contributed by atoms with Gasteiger partial charge in [-0.3, -0.25) is 4.79 Å². The summed E-state index contributed by atoms with van der Waals surface area (Å²) in [5, 5.41) is 2.71. The molecule has 2 aromatic carbocycles. The number of hydrogen-bond donors (Lipinski definition) is 1. The Balaban J connectivity index is 1.87. The van der Waals surface area contributed by atoms with E-state index in [-0.39, 0.29) is 12.5 Å². The number of esters is 1. The Morgan fingerprint density at radius 3 is 2.30 bits per heavy atom. The van der Waals surface area contributed by atoms with E-state index >= 15 is 0 Å². The van der Waals surface area contributed by atoms with E-state index in [0.29, 0.717) is 36.8 Å². The Hall–Kier alpha value is -2.54. The first-order valence-corrected chi connectivity index (χ1v) is 9.40. The molecule has 0 spiro atoms. The van der Waals surface area contributed by atoms with E-state index < -0.39 is 5.97 Å². The fourth-order valence-electron chi connectivity index (χ4n) is 2.25. The van der Waals surface area contributed by atoms with E-state index in [1.165, 1.54) is 0 Å². The molecule has 0 saturated heterocycles. The lowest BCUT2D eigenvalue weighted by Gasteiger charge is -2.12. The van der Waals surface area contributed by atoms with Gasteiger partial charge in [-0.25, -0.2) is 4.79 Å². The lowest BCUT2D eigenvalue weighted by atomic mass is 10.2. The maximum absolute atomic E-state index is 12.2. The summed E-state index contributed by atoms with van der Waals surface area (Å²) in [7, 11) is 0. The van der Waals surface area contributed by atoms with Crippen molar-refractivity contribution in [2.75, 3.05) is 19.8 Å². The van der Waals surface area contributed by atoms with Crippen LogP contribution < -0.4 is 14.8 Å². The van der Waals surface area contributed by atoms with E-state index in [1.54, 1.807) is 18.2 Å². The minimum atomic E-state index is -0.599. The normalized spacial score (nSPS) is 10.2. The van der Waals surface area contributed by atoms with Crippen molar-refractivity contribution in [2.24, 2.45) is 0 Å².